The minimum absolute atomic E-state index is 0.128. The molecule has 0 aliphatic carbocycles. The summed E-state index contributed by atoms with van der Waals surface area (Å²) in [5.74, 6) is 0.909. The van der Waals surface area contributed by atoms with Crippen LogP contribution in [0.1, 0.15) is 50.0 Å². The third kappa shape index (κ3) is 3.69. The SMILES string of the molecule is CCC(=O)c1ccc(C)cc1O[Si](C)(C)C(C)(C)C. The highest BCUT2D eigenvalue weighted by Crippen LogP contribution is 2.38. The van der Waals surface area contributed by atoms with E-state index in [0.717, 1.165) is 16.9 Å². The van der Waals surface area contributed by atoms with Gasteiger partial charge in [-0.25, -0.2) is 0 Å². The van der Waals surface area contributed by atoms with Crippen molar-refractivity contribution in [2.24, 2.45) is 0 Å². The van der Waals surface area contributed by atoms with Crippen LogP contribution in [0.3, 0.4) is 0 Å². The van der Waals surface area contributed by atoms with Gasteiger partial charge in [-0.05, 0) is 42.8 Å². The smallest absolute Gasteiger partial charge is 0.250 e. The zero-order chi connectivity index (χ0) is 14.8. The number of Topliss-reactive ketones (excluding diaryl/α,β-unsaturated/α-hetero) is 1. The fraction of sp³-hybridized carbons (Fsp3) is 0.562. The molecule has 0 N–H and O–H groups in total. The number of hydrogen-bond donors (Lipinski definition) is 0. The van der Waals surface area contributed by atoms with E-state index in [1.807, 2.05) is 32.0 Å². The maximum atomic E-state index is 12.0. The summed E-state index contributed by atoms with van der Waals surface area (Å²) >= 11 is 0. The second kappa shape index (κ2) is 5.49. The molecule has 0 amide bonds. The van der Waals surface area contributed by atoms with E-state index in [1.54, 1.807) is 0 Å². The highest BCUT2D eigenvalue weighted by Gasteiger charge is 2.39. The van der Waals surface area contributed by atoms with E-state index in [1.165, 1.54) is 0 Å². The largest absolute Gasteiger partial charge is 0.543 e. The van der Waals surface area contributed by atoms with E-state index in [2.05, 4.69) is 33.9 Å². The van der Waals surface area contributed by atoms with Crippen molar-refractivity contribution in [1.29, 1.82) is 0 Å². The zero-order valence-electron chi connectivity index (χ0n) is 13.3. The Morgan fingerprint density at radius 3 is 2.32 bits per heavy atom. The van der Waals surface area contributed by atoms with E-state index in [-0.39, 0.29) is 10.8 Å². The van der Waals surface area contributed by atoms with Crippen LogP contribution in [0, 0.1) is 6.92 Å². The second-order valence-electron chi connectivity index (χ2n) is 6.64. The second-order valence-corrected chi connectivity index (χ2v) is 11.4. The molecule has 0 aliphatic rings. The van der Waals surface area contributed by atoms with Gasteiger partial charge in [0, 0.05) is 6.42 Å². The Labute approximate surface area is 118 Å². The summed E-state index contributed by atoms with van der Waals surface area (Å²) in [6.07, 6.45) is 0.511. The lowest BCUT2D eigenvalue weighted by Gasteiger charge is -2.37. The van der Waals surface area contributed by atoms with Gasteiger partial charge in [0.15, 0.2) is 5.78 Å². The molecule has 0 bridgehead atoms. The lowest BCUT2D eigenvalue weighted by molar-refractivity contribution is 0.0986. The molecule has 0 unspecified atom stereocenters. The number of hydrogen-bond acceptors (Lipinski definition) is 2. The van der Waals surface area contributed by atoms with Crippen molar-refractivity contribution in [1.82, 2.24) is 0 Å². The van der Waals surface area contributed by atoms with Crippen LogP contribution in [0.4, 0.5) is 0 Å². The van der Waals surface area contributed by atoms with Crippen molar-refractivity contribution >= 4 is 14.1 Å². The van der Waals surface area contributed by atoms with Gasteiger partial charge in [0.05, 0.1) is 5.56 Å². The predicted molar refractivity (Wildman–Crippen MR) is 83.6 cm³/mol. The molecule has 2 nitrogen and oxygen atoms in total. The lowest BCUT2D eigenvalue weighted by atomic mass is 10.1. The Bertz CT molecular complexity index is 470. The molecule has 19 heavy (non-hydrogen) atoms. The van der Waals surface area contributed by atoms with Gasteiger partial charge in [-0.1, -0.05) is 33.8 Å². The third-order valence-electron chi connectivity index (χ3n) is 3.93. The summed E-state index contributed by atoms with van der Waals surface area (Å²) < 4.78 is 6.32. The van der Waals surface area contributed by atoms with Crippen molar-refractivity contribution in [2.75, 3.05) is 0 Å². The fourth-order valence-corrected chi connectivity index (χ4v) is 2.59. The van der Waals surface area contributed by atoms with Crippen LogP contribution < -0.4 is 4.43 Å². The van der Waals surface area contributed by atoms with Crippen molar-refractivity contribution in [3.63, 3.8) is 0 Å². The van der Waals surface area contributed by atoms with Crippen molar-refractivity contribution in [2.45, 2.75) is 59.2 Å². The quantitative estimate of drug-likeness (QED) is 0.574. The summed E-state index contributed by atoms with van der Waals surface area (Å²) in [7, 11) is -1.91. The molecule has 0 spiro atoms. The number of rotatable bonds is 4. The molecular formula is C16H26O2Si. The number of carbonyl (C=O) groups is 1. The molecule has 1 aromatic rings. The molecular weight excluding hydrogens is 252 g/mol. The molecule has 0 saturated carbocycles. The summed E-state index contributed by atoms with van der Waals surface area (Å²) in [6.45, 7) is 14.9. The van der Waals surface area contributed by atoms with E-state index in [9.17, 15) is 4.79 Å². The van der Waals surface area contributed by atoms with Gasteiger partial charge in [-0.15, -0.1) is 0 Å². The van der Waals surface area contributed by atoms with Crippen LogP contribution in [0.15, 0.2) is 18.2 Å². The van der Waals surface area contributed by atoms with Gasteiger partial charge in [0.25, 0.3) is 8.32 Å². The van der Waals surface area contributed by atoms with Gasteiger partial charge in [-0.2, -0.15) is 0 Å². The topological polar surface area (TPSA) is 26.3 Å². The molecule has 0 heterocycles. The Morgan fingerprint density at radius 2 is 1.84 bits per heavy atom. The highest BCUT2D eigenvalue weighted by atomic mass is 28.4. The average Bonchev–Trinajstić information content (AvgIpc) is 2.26. The zero-order valence-corrected chi connectivity index (χ0v) is 14.3. The van der Waals surface area contributed by atoms with Crippen molar-refractivity contribution in [3.8, 4) is 5.75 Å². The predicted octanol–water partition coefficient (Wildman–Crippen LogP) is 4.97. The van der Waals surface area contributed by atoms with E-state index in [4.69, 9.17) is 4.43 Å². The maximum Gasteiger partial charge on any atom is 0.250 e. The summed E-state index contributed by atoms with van der Waals surface area (Å²) in [5.41, 5.74) is 1.85. The van der Waals surface area contributed by atoms with Crippen molar-refractivity contribution < 1.29 is 9.22 Å². The average molecular weight is 278 g/mol. The van der Waals surface area contributed by atoms with E-state index in [0.29, 0.717) is 6.42 Å². The molecule has 1 aromatic carbocycles. The molecule has 0 radical (unpaired) electrons. The van der Waals surface area contributed by atoms with Gasteiger partial charge >= 0.3 is 0 Å². The summed E-state index contributed by atoms with van der Waals surface area (Å²) in [4.78, 5) is 12.0. The van der Waals surface area contributed by atoms with Gasteiger partial charge < -0.3 is 4.43 Å². The Balaban J connectivity index is 3.20. The van der Waals surface area contributed by atoms with Gasteiger partial charge in [0.1, 0.15) is 5.75 Å². The van der Waals surface area contributed by atoms with E-state index >= 15 is 0 Å². The highest BCUT2D eigenvalue weighted by molar-refractivity contribution is 6.74. The van der Waals surface area contributed by atoms with Gasteiger partial charge in [-0.3, -0.25) is 4.79 Å². The first-order valence-electron chi connectivity index (χ1n) is 6.91. The normalized spacial score (nSPS) is 12.4. The van der Waals surface area contributed by atoms with Crippen LogP contribution in [0.25, 0.3) is 0 Å². The first-order valence-corrected chi connectivity index (χ1v) is 9.82. The maximum absolute atomic E-state index is 12.0. The Kier molecular flexibility index (Phi) is 4.61. The number of carbonyl (C=O) groups excluding carboxylic acids is 1. The first-order chi connectivity index (χ1) is 8.58. The third-order valence-corrected chi connectivity index (χ3v) is 8.27. The van der Waals surface area contributed by atoms with E-state index < -0.39 is 8.32 Å². The fourth-order valence-electron chi connectivity index (χ4n) is 1.56. The number of aryl methyl sites for hydroxylation is 1. The molecule has 1 rings (SSSR count). The van der Waals surface area contributed by atoms with Crippen LogP contribution >= 0.6 is 0 Å². The van der Waals surface area contributed by atoms with Crippen LogP contribution in [0.2, 0.25) is 18.1 Å². The number of benzene rings is 1. The molecule has 0 atom stereocenters. The monoisotopic (exact) mass is 278 g/mol. The minimum atomic E-state index is -1.91. The lowest BCUT2D eigenvalue weighted by Crippen LogP contribution is -2.44. The van der Waals surface area contributed by atoms with Gasteiger partial charge in [0.2, 0.25) is 0 Å². The molecule has 0 fully saturated rings. The molecule has 106 valence electrons. The first kappa shape index (κ1) is 16.0. The van der Waals surface area contributed by atoms with Crippen LogP contribution in [-0.2, 0) is 0 Å². The standard InChI is InChI=1S/C16H26O2Si/c1-8-14(17)13-10-9-12(2)11-15(13)18-19(6,7)16(3,4)5/h9-11H,8H2,1-7H3. The summed E-state index contributed by atoms with van der Waals surface area (Å²) in [6, 6.07) is 5.86. The minimum Gasteiger partial charge on any atom is -0.543 e. The van der Waals surface area contributed by atoms with Crippen LogP contribution in [0.5, 0.6) is 5.75 Å². The Morgan fingerprint density at radius 1 is 1.26 bits per heavy atom. The summed E-state index contributed by atoms with van der Waals surface area (Å²) in [5, 5.41) is 0.128. The molecule has 0 aromatic heterocycles. The number of ketones is 1. The molecule has 0 aliphatic heterocycles. The molecule has 0 saturated heterocycles. The Hall–Kier alpha value is -1.09. The van der Waals surface area contributed by atoms with Crippen molar-refractivity contribution in [3.05, 3.63) is 29.3 Å². The van der Waals surface area contributed by atoms with Crippen LogP contribution in [-0.4, -0.2) is 14.1 Å². The molecule has 3 heteroatoms.